The number of nitrogens with zero attached hydrogens (tertiary/aromatic N) is 1. The molecule has 1 aromatic carbocycles. The van der Waals surface area contributed by atoms with Gasteiger partial charge in [-0.3, -0.25) is 0 Å². The highest BCUT2D eigenvalue weighted by molar-refractivity contribution is 7.89. The number of sulfonamides is 1. The van der Waals surface area contributed by atoms with Crippen LogP contribution in [0.2, 0.25) is 0 Å². The monoisotopic (exact) mass is 338 g/mol. The van der Waals surface area contributed by atoms with Crippen molar-refractivity contribution < 1.29 is 8.42 Å². The molecule has 0 bridgehead atoms. The summed E-state index contributed by atoms with van der Waals surface area (Å²) in [7, 11) is -3.39. The Labute approximate surface area is 141 Å². The average molecular weight is 339 g/mol. The smallest absolute Gasteiger partial charge is 0.240 e. The molecule has 0 saturated carbocycles. The topological polar surface area (TPSA) is 49.4 Å². The third kappa shape index (κ3) is 5.03. The van der Waals surface area contributed by atoms with Crippen LogP contribution in [0.5, 0.6) is 0 Å². The van der Waals surface area contributed by atoms with Crippen molar-refractivity contribution in [1.82, 2.24) is 9.62 Å². The summed E-state index contributed by atoms with van der Waals surface area (Å²) >= 11 is 0. The van der Waals surface area contributed by atoms with Crippen LogP contribution in [0.3, 0.4) is 0 Å². The fraction of sp³-hybridized carbons (Fsp3) is 0.667. The van der Waals surface area contributed by atoms with E-state index in [4.69, 9.17) is 0 Å². The van der Waals surface area contributed by atoms with Gasteiger partial charge in [-0.15, -0.1) is 0 Å². The van der Waals surface area contributed by atoms with Gasteiger partial charge in [0.1, 0.15) is 0 Å². The first-order valence-electron chi connectivity index (χ1n) is 8.68. The van der Waals surface area contributed by atoms with Crippen LogP contribution in [-0.2, 0) is 15.4 Å². The third-order valence-corrected chi connectivity index (χ3v) is 6.45. The molecule has 0 atom stereocenters. The molecule has 130 valence electrons. The summed E-state index contributed by atoms with van der Waals surface area (Å²) < 4.78 is 27.4. The van der Waals surface area contributed by atoms with E-state index in [1.807, 2.05) is 12.1 Å². The zero-order valence-corrected chi connectivity index (χ0v) is 15.5. The van der Waals surface area contributed by atoms with Crippen LogP contribution in [0, 0.1) is 0 Å². The minimum absolute atomic E-state index is 0.0749. The van der Waals surface area contributed by atoms with Gasteiger partial charge in [0.2, 0.25) is 10.0 Å². The summed E-state index contributed by atoms with van der Waals surface area (Å²) in [4.78, 5) is 2.75. The van der Waals surface area contributed by atoms with Crippen LogP contribution < -0.4 is 4.72 Å². The lowest BCUT2D eigenvalue weighted by Crippen LogP contribution is -2.28. The Bertz CT molecular complexity index is 588. The minimum Gasteiger partial charge on any atom is -0.303 e. The molecule has 0 amide bonds. The molecule has 0 aromatic heterocycles. The zero-order chi connectivity index (χ0) is 16.9. The zero-order valence-electron chi connectivity index (χ0n) is 14.6. The second-order valence-corrected chi connectivity index (χ2v) is 8.83. The number of likely N-dealkylation sites (tertiary alicyclic amines) is 1. The number of nitrogens with one attached hydrogen (secondary N) is 1. The van der Waals surface area contributed by atoms with Crippen LogP contribution in [0.25, 0.3) is 0 Å². The number of hydrogen-bond acceptors (Lipinski definition) is 3. The molecule has 1 fully saturated rings. The Balaban J connectivity index is 1.88. The van der Waals surface area contributed by atoms with Gasteiger partial charge < -0.3 is 4.90 Å². The summed E-state index contributed by atoms with van der Waals surface area (Å²) in [6, 6.07) is 7.30. The van der Waals surface area contributed by atoms with E-state index < -0.39 is 10.0 Å². The van der Waals surface area contributed by atoms with Crippen molar-refractivity contribution >= 4 is 10.0 Å². The molecule has 0 aliphatic carbocycles. The van der Waals surface area contributed by atoms with Gasteiger partial charge in [-0.05, 0) is 68.4 Å². The summed E-state index contributed by atoms with van der Waals surface area (Å²) in [5.74, 6) is 0. The van der Waals surface area contributed by atoms with Gasteiger partial charge in [0, 0.05) is 6.54 Å². The van der Waals surface area contributed by atoms with Crippen molar-refractivity contribution in [2.24, 2.45) is 0 Å². The number of hydrogen-bond donors (Lipinski definition) is 1. The fourth-order valence-corrected chi connectivity index (χ4v) is 3.96. The Kier molecular flexibility index (Phi) is 6.23. The van der Waals surface area contributed by atoms with E-state index in [1.54, 1.807) is 12.1 Å². The molecule has 0 unspecified atom stereocenters. The molecule has 23 heavy (non-hydrogen) atoms. The van der Waals surface area contributed by atoms with E-state index in [0.29, 0.717) is 11.4 Å². The van der Waals surface area contributed by atoms with Crippen molar-refractivity contribution in [1.29, 1.82) is 0 Å². The first-order chi connectivity index (χ1) is 10.8. The normalized spacial score (nSPS) is 16.8. The Hall–Kier alpha value is -0.910. The summed E-state index contributed by atoms with van der Waals surface area (Å²) in [5, 5.41) is 0. The van der Waals surface area contributed by atoms with E-state index >= 15 is 0 Å². The van der Waals surface area contributed by atoms with Gasteiger partial charge in [0.05, 0.1) is 4.90 Å². The summed E-state index contributed by atoms with van der Waals surface area (Å²) in [6.07, 6.45) is 4.42. The van der Waals surface area contributed by atoms with Crippen LogP contribution in [0.1, 0.15) is 52.0 Å². The lowest BCUT2D eigenvalue weighted by Gasteiger charge is -2.23. The average Bonchev–Trinajstić information content (AvgIpc) is 3.05. The van der Waals surface area contributed by atoms with Crippen LogP contribution in [0.15, 0.2) is 29.2 Å². The van der Waals surface area contributed by atoms with Gasteiger partial charge in [0.15, 0.2) is 0 Å². The summed E-state index contributed by atoms with van der Waals surface area (Å²) in [6.45, 7) is 10.3. The molecule has 1 aliphatic rings. The molecule has 1 saturated heterocycles. The minimum atomic E-state index is -3.39. The lowest BCUT2D eigenvalue weighted by molar-refractivity contribution is 0.334. The second kappa shape index (κ2) is 7.77. The second-order valence-electron chi connectivity index (χ2n) is 7.06. The van der Waals surface area contributed by atoms with Crippen LogP contribution in [-0.4, -0.2) is 39.5 Å². The Morgan fingerprint density at radius 3 is 2.30 bits per heavy atom. The van der Waals surface area contributed by atoms with Gasteiger partial charge in [-0.1, -0.05) is 32.9 Å². The van der Waals surface area contributed by atoms with Crippen molar-refractivity contribution in [3.05, 3.63) is 29.8 Å². The van der Waals surface area contributed by atoms with Crippen LogP contribution >= 0.6 is 0 Å². The quantitative estimate of drug-likeness (QED) is 0.741. The molecule has 0 radical (unpaired) electrons. The van der Waals surface area contributed by atoms with E-state index in [9.17, 15) is 8.42 Å². The van der Waals surface area contributed by atoms with Crippen molar-refractivity contribution in [3.8, 4) is 0 Å². The van der Waals surface area contributed by atoms with Gasteiger partial charge >= 0.3 is 0 Å². The van der Waals surface area contributed by atoms with E-state index in [2.05, 4.69) is 30.4 Å². The third-order valence-electron chi connectivity index (χ3n) is 4.97. The largest absolute Gasteiger partial charge is 0.303 e. The predicted octanol–water partition coefficient (Wildman–Crippen LogP) is 3.14. The first kappa shape index (κ1) is 18.4. The number of rotatable bonds is 8. The van der Waals surface area contributed by atoms with E-state index in [1.165, 1.54) is 18.4 Å². The number of benzene rings is 1. The lowest BCUT2D eigenvalue weighted by atomic mass is 9.82. The standard InChI is InChI=1S/C18H30N2O2S/c1-4-18(2,3)16-8-10-17(11-9-16)23(21,22)19-12-7-15-20-13-5-6-14-20/h8-11,19H,4-7,12-15H2,1-3H3. The first-order valence-corrected chi connectivity index (χ1v) is 10.2. The molecule has 1 N–H and O–H groups in total. The van der Waals surface area contributed by atoms with Crippen LogP contribution in [0.4, 0.5) is 0 Å². The van der Waals surface area contributed by atoms with Crippen molar-refractivity contribution in [2.45, 2.75) is 56.8 Å². The molecular formula is C18H30N2O2S. The van der Waals surface area contributed by atoms with Crippen molar-refractivity contribution in [2.75, 3.05) is 26.2 Å². The predicted molar refractivity (Wildman–Crippen MR) is 95.2 cm³/mol. The molecule has 2 rings (SSSR count). The summed E-state index contributed by atoms with van der Waals surface area (Å²) in [5.41, 5.74) is 1.25. The van der Waals surface area contributed by atoms with Gasteiger partial charge in [0.25, 0.3) is 0 Å². The highest BCUT2D eigenvalue weighted by Crippen LogP contribution is 2.27. The maximum atomic E-state index is 12.3. The Morgan fingerprint density at radius 1 is 1.13 bits per heavy atom. The van der Waals surface area contributed by atoms with Crippen molar-refractivity contribution in [3.63, 3.8) is 0 Å². The Morgan fingerprint density at radius 2 is 1.74 bits per heavy atom. The van der Waals surface area contributed by atoms with Gasteiger partial charge in [-0.25, -0.2) is 13.1 Å². The molecular weight excluding hydrogens is 308 g/mol. The maximum Gasteiger partial charge on any atom is 0.240 e. The maximum absolute atomic E-state index is 12.3. The molecule has 1 heterocycles. The van der Waals surface area contributed by atoms with E-state index in [0.717, 1.165) is 32.5 Å². The highest BCUT2D eigenvalue weighted by atomic mass is 32.2. The molecule has 1 aromatic rings. The molecule has 0 spiro atoms. The molecule has 1 aliphatic heterocycles. The van der Waals surface area contributed by atoms with E-state index in [-0.39, 0.29) is 5.41 Å². The molecule has 5 heteroatoms. The highest BCUT2D eigenvalue weighted by Gasteiger charge is 2.20. The fourth-order valence-electron chi connectivity index (χ4n) is 2.89. The SMILES string of the molecule is CCC(C)(C)c1ccc(S(=O)(=O)NCCCN2CCCC2)cc1. The molecule has 4 nitrogen and oxygen atoms in total. The van der Waals surface area contributed by atoms with Gasteiger partial charge in [-0.2, -0.15) is 0 Å².